The molecule has 5 heteroatoms. The highest BCUT2D eigenvalue weighted by Crippen LogP contribution is 1.88. The number of hydrogen-bond acceptors (Lipinski definition) is 3. The predicted octanol–water partition coefficient (Wildman–Crippen LogP) is 0.00180. The number of nitrogens with two attached hydrogens (primary N) is 1. The number of carboxylic acid groups (broad SMARTS) is 1. The van der Waals surface area contributed by atoms with Crippen LogP contribution in [0.2, 0.25) is 0 Å². The Balaban J connectivity index is 0.000000261. The molecule has 0 saturated carbocycles. The predicted molar refractivity (Wildman–Crippen MR) is 44.7 cm³/mol. The number of carbonyl (C=O) groups is 1. The Morgan fingerprint density at radius 3 is 2.75 bits per heavy atom. The molecule has 1 aromatic rings. The molecule has 5 nitrogen and oxygen atoms in total. The molecule has 0 amide bonds. The lowest BCUT2D eigenvalue weighted by Crippen LogP contribution is -2.02. The maximum Gasteiger partial charge on any atom is 0.300 e. The summed E-state index contributed by atoms with van der Waals surface area (Å²) in [5.74, 6) is -0.833. The van der Waals surface area contributed by atoms with E-state index in [1.807, 2.05) is 6.07 Å². The van der Waals surface area contributed by atoms with Gasteiger partial charge in [0.25, 0.3) is 5.97 Å². The van der Waals surface area contributed by atoms with E-state index in [4.69, 9.17) is 15.6 Å². The van der Waals surface area contributed by atoms with Gasteiger partial charge in [0.15, 0.2) is 0 Å². The van der Waals surface area contributed by atoms with Crippen molar-refractivity contribution in [3.05, 3.63) is 18.0 Å². The van der Waals surface area contributed by atoms with Gasteiger partial charge in [-0.05, 0) is 12.6 Å². The van der Waals surface area contributed by atoms with Crippen LogP contribution in [0.15, 0.2) is 12.3 Å². The molecule has 1 heterocycles. The Bertz CT molecular complexity index is 204. The van der Waals surface area contributed by atoms with Crippen molar-refractivity contribution >= 4 is 5.97 Å². The van der Waals surface area contributed by atoms with E-state index in [1.54, 1.807) is 6.20 Å². The van der Waals surface area contributed by atoms with Crippen LogP contribution in [-0.2, 0) is 11.2 Å². The van der Waals surface area contributed by atoms with E-state index < -0.39 is 5.97 Å². The Hall–Kier alpha value is -1.36. The molecule has 0 aliphatic rings. The summed E-state index contributed by atoms with van der Waals surface area (Å²) < 4.78 is 0. The van der Waals surface area contributed by atoms with Crippen LogP contribution in [0.4, 0.5) is 0 Å². The minimum absolute atomic E-state index is 0.671. The minimum Gasteiger partial charge on any atom is -0.481 e. The molecule has 0 aromatic carbocycles. The van der Waals surface area contributed by atoms with Gasteiger partial charge in [-0.15, -0.1) is 0 Å². The van der Waals surface area contributed by atoms with Crippen molar-refractivity contribution in [2.24, 2.45) is 5.73 Å². The average Bonchev–Trinajstić information content (AvgIpc) is 2.39. The maximum absolute atomic E-state index is 9.00. The van der Waals surface area contributed by atoms with E-state index in [0.29, 0.717) is 6.54 Å². The first-order valence-electron chi connectivity index (χ1n) is 3.55. The Morgan fingerprint density at radius 2 is 2.42 bits per heavy atom. The van der Waals surface area contributed by atoms with Gasteiger partial charge in [0.2, 0.25) is 0 Å². The lowest BCUT2D eigenvalue weighted by Gasteiger charge is -1.84. The standard InChI is InChI=1S/C5H9N3.C2H4O2/c6-3-1-5-2-4-7-8-5;1-2(3)4/h2,4H,1,3,6H2,(H,7,8);1H3,(H,3,4). The number of hydrogen-bond donors (Lipinski definition) is 3. The van der Waals surface area contributed by atoms with Crippen LogP contribution < -0.4 is 5.73 Å². The lowest BCUT2D eigenvalue weighted by atomic mass is 10.3. The third-order valence-electron chi connectivity index (χ3n) is 0.959. The summed E-state index contributed by atoms with van der Waals surface area (Å²) in [7, 11) is 0. The molecule has 0 atom stereocenters. The van der Waals surface area contributed by atoms with Gasteiger partial charge >= 0.3 is 0 Å². The molecular formula is C7H13N3O2. The fourth-order valence-corrected chi connectivity index (χ4v) is 0.578. The van der Waals surface area contributed by atoms with Crippen molar-refractivity contribution in [2.45, 2.75) is 13.3 Å². The van der Waals surface area contributed by atoms with E-state index in [0.717, 1.165) is 19.0 Å². The highest BCUT2D eigenvalue weighted by Gasteiger charge is 1.88. The van der Waals surface area contributed by atoms with Gasteiger partial charge in [-0.1, -0.05) is 0 Å². The molecule has 0 saturated heterocycles. The van der Waals surface area contributed by atoms with Crippen LogP contribution >= 0.6 is 0 Å². The summed E-state index contributed by atoms with van der Waals surface area (Å²) in [4.78, 5) is 9.00. The Kier molecular flexibility index (Phi) is 5.64. The normalized spacial score (nSPS) is 8.50. The number of aliphatic carboxylic acids is 1. The number of carboxylic acids is 1. The molecule has 12 heavy (non-hydrogen) atoms. The van der Waals surface area contributed by atoms with Crippen molar-refractivity contribution in [1.29, 1.82) is 0 Å². The van der Waals surface area contributed by atoms with Gasteiger partial charge in [-0.25, -0.2) is 0 Å². The van der Waals surface area contributed by atoms with Crippen molar-refractivity contribution < 1.29 is 9.90 Å². The summed E-state index contributed by atoms with van der Waals surface area (Å²) >= 11 is 0. The molecule has 0 aliphatic carbocycles. The van der Waals surface area contributed by atoms with E-state index in [2.05, 4.69) is 10.2 Å². The van der Waals surface area contributed by atoms with Gasteiger partial charge in [-0.2, -0.15) is 5.10 Å². The van der Waals surface area contributed by atoms with Gasteiger partial charge in [-0.3, -0.25) is 9.89 Å². The second kappa shape index (κ2) is 6.36. The highest BCUT2D eigenvalue weighted by atomic mass is 16.4. The second-order valence-electron chi connectivity index (χ2n) is 2.12. The summed E-state index contributed by atoms with van der Waals surface area (Å²) in [6.45, 7) is 1.75. The Morgan fingerprint density at radius 1 is 1.83 bits per heavy atom. The average molecular weight is 171 g/mol. The van der Waals surface area contributed by atoms with Gasteiger partial charge in [0.1, 0.15) is 0 Å². The summed E-state index contributed by atoms with van der Waals surface area (Å²) in [5, 5.41) is 14.0. The van der Waals surface area contributed by atoms with E-state index >= 15 is 0 Å². The third kappa shape index (κ3) is 6.76. The zero-order chi connectivity index (χ0) is 9.40. The van der Waals surface area contributed by atoms with Crippen molar-refractivity contribution in [1.82, 2.24) is 10.2 Å². The first kappa shape index (κ1) is 10.6. The molecule has 0 radical (unpaired) electrons. The molecule has 0 bridgehead atoms. The number of nitrogens with one attached hydrogen (secondary N) is 1. The van der Waals surface area contributed by atoms with Crippen LogP contribution in [0.1, 0.15) is 12.6 Å². The van der Waals surface area contributed by atoms with Gasteiger partial charge in [0, 0.05) is 19.5 Å². The summed E-state index contributed by atoms with van der Waals surface area (Å²) in [5.41, 5.74) is 6.30. The molecule has 4 N–H and O–H groups in total. The van der Waals surface area contributed by atoms with E-state index in [1.165, 1.54) is 0 Å². The first-order chi connectivity index (χ1) is 5.66. The summed E-state index contributed by atoms with van der Waals surface area (Å²) in [6, 6.07) is 1.92. The van der Waals surface area contributed by atoms with Crippen molar-refractivity contribution in [3.63, 3.8) is 0 Å². The van der Waals surface area contributed by atoms with Crippen LogP contribution in [0.3, 0.4) is 0 Å². The SMILES string of the molecule is CC(=O)O.NCCc1cc[nH]n1. The maximum atomic E-state index is 9.00. The largest absolute Gasteiger partial charge is 0.481 e. The molecule has 1 aromatic heterocycles. The summed E-state index contributed by atoms with van der Waals surface area (Å²) in [6.07, 6.45) is 2.66. The Labute approximate surface area is 70.6 Å². The van der Waals surface area contributed by atoms with Gasteiger partial charge < -0.3 is 10.8 Å². The lowest BCUT2D eigenvalue weighted by molar-refractivity contribution is -0.134. The number of aromatic nitrogens is 2. The molecule has 0 spiro atoms. The van der Waals surface area contributed by atoms with Crippen molar-refractivity contribution in [2.75, 3.05) is 6.54 Å². The van der Waals surface area contributed by atoms with Crippen LogP contribution in [0.25, 0.3) is 0 Å². The first-order valence-corrected chi connectivity index (χ1v) is 3.55. The number of nitrogens with zero attached hydrogens (tertiary/aromatic N) is 1. The quantitative estimate of drug-likeness (QED) is 0.584. The molecule has 0 fully saturated rings. The topological polar surface area (TPSA) is 92.0 Å². The van der Waals surface area contributed by atoms with Crippen LogP contribution in [0, 0.1) is 0 Å². The third-order valence-corrected chi connectivity index (χ3v) is 0.959. The fraction of sp³-hybridized carbons (Fsp3) is 0.429. The van der Waals surface area contributed by atoms with E-state index in [-0.39, 0.29) is 0 Å². The zero-order valence-electron chi connectivity index (χ0n) is 6.95. The molecular weight excluding hydrogens is 158 g/mol. The van der Waals surface area contributed by atoms with Crippen LogP contribution in [-0.4, -0.2) is 27.8 Å². The van der Waals surface area contributed by atoms with E-state index in [9.17, 15) is 0 Å². The molecule has 0 aliphatic heterocycles. The monoisotopic (exact) mass is 171 g/mol. The van der Waals surface area contributed by atoms with Crippen molar-refractivity contribution in [3.8, 4) is 0 Å². The highest BCUT2D eigenvalue weighted by molar-refractivity contribution is 5.62. The van der Waals surface area contributed by atoms with Crippen LogP contribution in [0.5, 0.6) is 0 Å². The smallest absolute Gasteiger partial charge is 0.300 e. The molecule has 0 unspecified atom stereocenters. The molecule has 1 rings (SSSR count). The molecule has 68 valence electrons. The second-order valence-corrected chi connectivity index (χ2v) is 2.12. The minimum atomic E-state index is -0.833. The number of H-pyrrole nitrogens is 1. The zero-order valence-corrected chi connectivity index (χ0v) is 6.95. The van der Waals surface area contributed by atoms with Gasteiger partial charge in [0.05, 0.1) is 5.69 Å². The number of aromatic amines is 1. The fourth-order valence-electron chi connectivity index (χ4n) is 0.578. The number of rotatable bonds is 2.